The van der Waals surface area contributed by atoms with E-state index >= 15 is 0 Å². The van der Waals surface area contributed by atoms with Crippen LogP contribution in [0.3, 0.4) is 0 Å². The normalized spacial score (nSPS) is 22.4. The molecule has 3 heteroatoms. The second-order valence-electron chi connectivity index (χ2n) is 4.81. The van der Waals surface area contributed by atoms with Crippen LogP contribution in [-0.2, 0) is 0 Å². The standard InChI is InChI=1S/C12H13FIN/c13-9-2-3-11(10(14)6-9)15-7-12(8-15)4-1-5-12/h2-3,6H,1,4-5,7-8H2. The summed E-state index contributed by atoms with van der Waals surface area (Å²) in [4.78, 5) is 2.38. The van der Waals surface area contributed by atoms with E-state index < -0.39 is 0 Å². The molecular weight excluding hydrogens is 304 g/mol. The van der Waals surface area contributed by atoms with Crippen molar-refractivity contribution in [2.24, 2.45) is 5.41 Å². The third-order valence-corrected chi connectivity index (χ3v) is 4.58. The molecule has 0 radical (unpaired) electrons. The van der Waals surface area contributed by atoms with E-state index in [2.05, 4.69) is 27.5 Å². The van der Waals surface area contributed by atoms with Gasteiger partial charge in [0, 0.05) is 22.1 Å². The van der Waals surface area contributed by atoms with Crippen LogP contribution in [-0.4, -0.2) is 13.1 Å². The minimum Gasteiger partial charge on any atom is -0.369 e. The molecule has 2 aliphatic rings. The Labute approximate surface area is 103 Å². The second-order valence-corrected chi connectivity index (χ2v) is 5.97. The van der Waals surface area contributed by atoms with Gasteiger partial charge in [0.15, 0.2) is 0 Å². The average molecular weight is 317 g/mol. The van der Waals surface area contributed by atoms with E-state index in [9.17, 15) is 4.39 Å². The zero-order chi connectivity index (χ0) is 10.5. The van der Waals surface area contributed by atoms with E-state index in [4.69, 9.17) is 0 Å². The molecule has 0 aromatic heterocycles. The summed E-state index contributed by atoms with van der Waals surface area (Å²) in [6.45, 7) is 2.35. The van der Waals surface area contributed by atoms with Crippen LogP contribution >= 0.6 is 22.6 Å². The van der Waals surface area contributed by atoms with Crippen LogP contribution in [0.1, 0.15) is 19.3 Å². The summed E-state index contributed by atoms with van der Waals surface area (Å²) >= 11 is 2.22. The molecule has 15 heavy (non-hydrogen) atoms. The van der Waals surface area contributed by atoms with Crippen molar-refractivity contribution in [3.8, 4) is 0 Å². The number of halogens is 2. The van der Waals surface area contributed by atoms with Crippen molar-refractivity contribution in [1.82, 2.24) is 0 Å². The van der Waals surface area contributed by atoms with Gasteiger partial charge >= 0.3 is 0 Å². The number of rotatable bonds is 1. The van der Waals surface area contributed by atoms with Gasteiger partial charge < -0.3 is 4.90 Å². The van der Waals surface area contributed by atoms with Crippen LogP contribution in [0.15, 0.2) is 18.2 Å². The average Bonchev–Trinajstić information content (AvgIpc) is 2.03. The van der Waals surface area contributed by atoms with Gasteiger partial charge in [0.25, 0.3) is 0 Å². The van der Waals surface area contributed by atoms with E-state index in [0.29, 0.717) is 5.41 Å². The van der Waals surface area contributed by atoms with Crippen molar-refractivity contribution < 1.29 is 4.39 Å². The second kappa shape index (κ2) is 3.34. The van der Waals surface area contributed by atoms with Gasteiger partial charge in [-0.15, -0.1) is 0 Å². The van der Waals surface area contributed by atoms with Crippen LogP contribution in [0.2, 0.25) is 0 Å². The molecule has 1 nitrogen and oxygen atoms in total. The summed E-state index contributed by atoms with van der Waals surface area (Å²) in [5.41, 5.74) is 1.84. The first-order valence-corrected chi connectivity index (χ1v) is 6.47. The molecule has 1 saturated carbocycles. The Balaban J connectivity index is 1.77. The number of benzene rings is 1. The van der Waals surface area contributed by atoms with Gasteiger partial charge in [-0.25, -0.2) is 4.39 Å². The van der Waals surface area contributed by atoms with Crippen LogP contribution in [0.4, 0.5) is 10.1 Å². The van der Waals surface area contributed by atoms with E-state index in [1.165, 1.54) is 38.0 Å². The minimum atomic E-state index is -0.137. The summed E-state index contributed by atoms with van der Waals surface area (Å²) < 4.78 is 14.0. The number of anilines is 1. The molecule has 0 atom stereocenters. The fourth-order valence-corrected chi connectivity index (χ4v) is 3.48. The highest BCUT2D eigenvalue weighted by atomic mass is 127. The van der Waals surface area contributed by atoms with Crippen molar-refractivity contribution in [1.29, 1.82) is 0 Å². The first-order chi connectivity index (χ1) is 7.19. The lowest BCUT2D eigenvalue weighted by atomic mass is 9.63. The molecule has 3 rings (SSSR count). The van der Waals surface area contributed by atoms with E-state index in [1.807, 2.05) is 6.07 Å². The maximum Gasteiger partial charge on any atom is 0.124 e. The highest BCUT2D eigenvalue weighted by molar-refractivity contribution is 14.1. The van der Waals surface area contributed by atoms with Gasteiger partial charge in [-0.2, -0.15) is 0 Å². The van der Waals surface area contributed by atoms with Crippen molar-refractivity contribution >= 4 is 28.3 Å². The van der Waals surface area contributed by atoms with Gasteiger partial charge in [-0.05, 0) is 53.6 Å². The molecule has 80 valence electrons. The molecule has 1 aromatic carbocycles. The Morgan fingerprint density at radius 3 is 2.53 bits per heavy atom. The molecule has 2 fully saturated rings. The Hall–Kier alpha value is -0.320. The molecule has 1 spiro atoms. The van der Waals surface area contributed by atoms with Crippen molar-refractivity contribution in [2.45, 2.75) is 19.3 Å². The molecule has 1 aliphatic carbocycles. The molecule has 1 saturated heterocycles. The fourth-order valence-electron chi connectivity index (χ4n) is 2.66. The Morgan fingerprint density at radius 1 is 1.27 bits per heavy atom. The molecule has 0 N–H and O–H groups in total. The predicted octanol–water partition coefficient (Wildman–Crippen LogP) is 3.42. The van der Waals surface area contributed by atoms with Crippen LogP contribution in [0, 0.1) is 14.8 Å². The molecule has 0 bridgehead atoms. The highest BCUT2D eigenvalue weighted by Crippen LogP contribution is 2.49. The molecule has 0 unspecified atom stereocenters. The van der Waals surface area contributed by atoms with Gasteiger partial charge in [0.2, 0.25) is 0 Å². The molecule has 0 amide bonds. The topological polar surface area (TPSA) is 3.24 Å². The van der Waals surface area contributed by atoms with Crippen LogP contribution < -0.4 is 4.90 Å². The summed E-state index contributed by atoms with van der Waals surface area (Å²) in [5, 5.41) is 0. The van der Waals surface area contributed by atoms with Crippen molar-refractivity contribution in [3.63, 3.8) is 0 Å². The van der Waals surface area contributed by atoms with E-state index in [-0.39, 0.29) is 5.82 Å². The quantitative estimate of drug-likeness (QED) is 0.718. The summed E-state index contributed by atoms with van der Waals surface area (Å²) in [7, 11) is 0. The fraction of sp³-hybridized carbons (Fsp3) is 0.500. The summed E-state index contributed by atoms with van der Waals surface area (Å²) in [6.07, 6.45) is 4.18. The van der Waals surface area contributed by atoms with Gasteiger partial charge in [-0.3, -0.25) is 0 Å². The maximum atomic E-state index is 12.9. The Morgan fingerprint density at radius 2 is 2.00 bits per heavy atom. The predicted molar refractivity (Wildman–Crippen MR) is 67.6 cm³/mol. The van der Waals surface area contributed by atoms with E-state index in [0.717, 1.165) is 3.57 Å². The zero-order valence-electron chi connectivity index (χ0n) is 8.47. The Kier molecular flexibility index (Phi) is 2.20. The van der Waals surface area contributed by atoms with Crippen LogP contribution in [0.25, 0.3) is 0 Å². The highest BCUT2D eigenvalue weighted by Gasteiger charge is 2.47. The smallest absolute Gasteiger partial charge is 0.124 e. The zero-order valence-corrected chi connectivity index (χ0v) is 10.6. The van der Waals surface area contributed by atoms with Crippen molar-refractivity contribution in [2.75, 3.05) is 18.0 Å². The lowest BCUT2D eigenvalue weighted by Crippen LogP contribution is -2.60. The number of nitrogens with zero attached hydrogens (tertiary/aromatic N) is 1. The van der Waals surface area contributed by atoms with E-state index in [1.54, 1.807) is 12.1 Å². The molecule has 1 heterocycles. The Bertz CT molecular complexity index is 393. The molecule has 1 aromatic rings. The van der Waals surface area contributed by atoms with Gasteiger partial charge in [0.05, 0.1) is 5.69 Å². The monoisotopic (exact) mass is 317 g/mol. The lowest BCUT2D eigenvalue weighted by Gasteiger charge is -2.57. The third kappa shape index (κ3) is 1.55. The van der Waals surface area contributed by atoms with Crippen LogP contribution in [0.5, 0.6) is 0 Å². The first-order valence-electron chi connectivity index (χ1n) is 5.39. The first kappa shape index (κ1) is 9.87. The molecular formula is C12H13FIN. The largest absolute Gasteiger partial charge is 0.369 e. The third-order valence-electron chi connectivity index (χ3n) is 3.72. The SMILES string of the molecule is Fc1ccc(N2CC3(CCC3)C2)c(I)c1. The van der Waals surface area contributed by atoms with Crippen molar-refractivity contribution in [3.05, 3.63) is 27.6 Å². The summed E-state index contributed by atoms with van der Waals surface area (Å²) in [5.74, 6) is -0.137. The summed E-state index contributed by atoms with van der Waals surface area (Å²) in [6, 6.07) is 5.08. The lowest BCUT2D eigenvalue weighted by molar-refractivity contribution is 0.0902. The number of hydrogen-bond donors (Lipinski definition) is 0. The maximum absolute atomic E-state index is 12.9. The molecule has 1 aliphatic heterocycles. The van der Waals surface area contributed by atoms with Gasteiger partial charge in [0.1, 0.15) is 5.82 Å². The number of hydrogen-bond acceptors (Lipinski definition) is 1. The van der Waals surface area contributed by atoms with Gasteiger partial charge in [-0.1, -0.05) is 6.42 Å². The minimum absolute atomic E-state index is 0.137.